The van der Waals surface area contributed by atoms with Gasteiger partial charge in [-0.15, -0.1) is 0 Å². The lowest BCUT2D eigenvalue weighted by Crippen LogP contribution is -2.13. The molecule has 0 aromatic carbocycles. The van der Waals surface area contributed by atoms with Crippen LogP contribution in [0.25, 0.3) is 0 Å². The van der Waals surface area contributed by atoms with Gasteiger partial charge in [0, 0.05) is 6.54 Å². The van der Waals surface area contributed by atoms with E-state index >= 15 is 0 Å². The molecule has 9 heavy (non-hydrogen) atoms. The maximum Gasteiger partial charge on any atom is 0.205 e. The summed E-state index contributed by atoms with van der Waals surface area (Å²) >= 11 is 0. The van der Waals surface area contributed by atoms with E-state index in [0.29, 0.717) is 12.4 Å². The first-order valence-corrected chi connectivity index (χ1v) is 2.79. The van der Waals surface area contributed by atoms with E-state index in [1.54, 1.807) is 6.20 Å². The Bertz CT molecular complexity index is 185. The van der Waals surface area contributed by atoms with Gasteiger partial charge >= 0.3 is 0 Å². The summed E-state index contributed by atoms with van der Waals surface area (Å²) in [6.07, 6.45) is 4.61. The van der Waals surface area contributed by atoms with Crippen LogP contribution >= 0.6 is 0 Å². The molecule has 0 unspecified atom stereocenters. The summed E-state index contributed by atoms with van der Waals surface area (Å²) in [5.41, 5.74) is 0. The van der Waals surface area contributed by atoms with Crippen molar-refractivity contribution in [2.24, 2.45) is 4.99 Å². The topological polar surface area (TPSA) is 48.2 Å². The fraction of sp³-hybridized carbons (Fsp3) is 0.333. The van der Waals surface area contributed by atoms with Gasteiger partial charge in [-0.1, -0.05) is 6.08 Å². The summed E-state index contributed by atoms with van der Waals surface area (Å²) in [7, 11) is 0. The molecule has 1 heterocycles. The van der Waals surface area contributed by atoms with E-state index in [0.717, 1.165) is 6.42 Å². The second-order valence-corrected chi connectivity index (χ2v) is 1.68. The first kappa shape index (κ1) is 5.83. The molecule has 0 atom stereocenters. The molecule has 0 radical (unpaired) electrons. The number of nitrogens with one attached hydrogen (secondary N) is 1. The fourth-order valence-corrected chi connectivity index (χ4v) is 0.585. The normalized spacial score (nSPS) is 17.0. The monoisotopic (exact) mass is 121 g/mol. The highest BCUT2D eigenvalue weighted by molar-refractivity contribution is 5.97. The fourth-order valence-electron chi connectivity index (χ4n) is 0.585. The molecule has 3 nitrogen and oxygen atoms in total. The van der Waals surface area contributed by atoms with E-state index in [1.165, 1.54) is 0 Å². The van der Waals surface area contributed by atoms with Crippen LogP contribution < -0.4 is 5.32 Å². The van der Waals surface area contributed by atoms with Crippen LogP contribution in [0.1, 0.15) is 6.42 Å². The number of amidine groups is 1. The second-order valence-electron chi connectivity index (χ2n) is 1.68. The standard InChI is InChI=1S/C6H7N3/c7-5-6-8-3-1-2-4-9-6/h1,3H,2,4H2,(H,8,9). The van der Waals surface area contributed by atoms with Crippen molar-refractivity contribution in [1.82, 2.24) is 5.32 Å². The molecule has 1 aliphatic rings. The van der Waals surface area contributed by atoms with Crippen molar-refractivity contribution in [2.75, 3.05) is 6.54 Å². The maximum absolute atomic E-state index is 8.34. The van der Waals surface area contributed by atoms with Gasteiger partial charge in [0.2, 0.25) is 5.84 Å². The Hall–Kier alpha value is -1.30. The first-order valence-electron chi connectivity index (χ1n) is 2.79. The predicted octanol–water partition coefficient (Wildman–Crippen LogP) is 0.415. The summed E-state index contributed by atoms with van der Waals surface area (Å²) in [5, 5.41) is 11.1. The molecule has 1 aliphatic heterocycles. The van der Waals surface area contributed by atoms with Crippen LogP contribution in [0.4, 0.5) is 0 Å². The minimum absolute atomic E-state index is 0.406. The molecule has 0 aliphatic carbocycles. The van der Waals surface area contributed by atoms with Crippen LogP contribution in [0.15, 0.2) is 17.3 Å². The molecule has 46 valence electrons. The SMILES string of the molecule is N#CC1=NCCC=CN1. The van der Waals surface area contributed by atoms with E-state index in [2.05, 4.69) is 10.3 Å². The van der Waals surface area contributed by atoms with Crippen molar-refractivity contribution in [1.29, 1.82) is 5.26 Å². The second kappa shape index (κ2) is 2.88. The van der Waals surface area contributed by atoms with Gasteiger partial charge in [-0.25, -0.2) is 0 Å². The van der Waals surface area contributed by atoms with Crippen molar-refractivity contribution in [3.63, 3.8) is 0 Å². The quantitative estimate of drug-likeness (QED) is 0.504. The number of rotatable bonds is 0. The van der Waals surface area contributed by atoms with E-state index < -0.39 is 0 Å². The number of nitriles is 1. The highest BCUT2D eigenvalue weighted by Gasteiger charge is 1.93. The summed E-state index contributed by atoms with van der Waals surface area (Å²) in [4.78, 5) is 3.92. The molecular weight excluding hydrogens is 114 g/mol. The number of nitrogens with zero attached hydrogens (tertiary/aromatic N) is 2. The first-order chi connectivity index (χ1) is 4.43. The molecule has 1 N–H and O–H groups in total. The van der Waals surface area contributed by atoms with Crippen LogP contribution in [0.3, 0.4) is 0 Å². The highest BCUT2D eigenvalue weighted by Crippen LogP contribution is 1.88. The number of hydrogen-bond donors (Lipinski definition) is 1. The molecule has 0 bridgehead atoms. The van der Waals surface area contributed by atoms with Crippen molar-refractivity contribution < 1.29 is 0 Å². The molecule has 0 saturated carbocycles. The van der Waals surface area contributed by atoms with E-state index in [1.807, 2.05) is 12.1 Å². The van der Waals surface area contributed by atoms with Crippen molar-refractivity contribution in [3.8, 4) is 6.07 Å². The van der Waals surface area contributed by atoms with Gasteiger partial charge in [0.05, 0.1) is 0 Å². The molecule has 0 spiro atoms. The highest BCUT2D eigenvalue weighted by atomic mass is 15.0. The van der Waals surface area contributed by atoms with Crippen LogP contribution in [-0.2, 0) is 0 Å². The lowest BCUT2D eigenvalue weighted by atomic mass is 10.4. The Labute approximate surface area is 53.7 Å². The third kappa shape index (κ3) is 1.57. The molecule has 0 saturated heterocycles. The molecule has 1 rings (SSSR count). The maximum atomic E-state index is 8.34. The molecule has 0 amide bonds. The summed E-state index contributed by atoms with van der Waals surface area (Å²) in [6.45, 7) is 0.715. The Balaban J connectivity index is 2.62. The third-order valence-electron chi connectivity index (χ3n) is 1.01. The number of aliphatic imine (C=N–C) groups is 1. The van der Waals surface area contributed by atoms with Crippen LogP contribution in [0.5, 0.6) is 0 Å². The van der Waals surface area contributed by atoms with Crippen molar-refractivity contribution >= 4 is 5.84 Å². The zero-order valence-corrected chi connectivity index (χ0v) is 4.96. The number of hydrogen-bond acceptors (Lipinski definition) is 3. The molecule has 0 fully saturated rings. The molecule has 3 heteroatoms. The molecular formula is C6H7N3. The lowest BCUT2D eigenvalue weighted by Gasteiger charge is -1.88. The minimum Gasteiger partial charge on any atom is -0.338 e. The predicted molar refractivity (Wildman–Crippen MR) is 34.8 cm³/mol. The van der Waals surface area contributed by atoms with Gasteiger partial charge in [0.15, 0.2) is 0 Å². The molecule has 0 aromatic heterocycles. The average Bonchev–Trinajstić information content (AvgIpc) is 2.13. The smallest absolute Gasteiger partial charge is 0.205 e. The summed E-state index contributed by atoms with van der Waals surface area (Å²) in [5.74, 6) is 0.406. The Morgan fingerprint density at radius 1 is 1.78 bits per heavy atom. The molecule has 0 aromatic rings. The lowest BCUT2D eigenvalue weighted by molar-refractivity contribution is 1.02. The van der Waals surface area contributed by atoms with Crippen molar-refractivity contribution in [3.05, 3.63) is 12.3 Å². The van der Waals surface area contributed by atoms with E-state index in [9.17, 15) is 0 Å². The minimum atomic E-state index is 0.406. The van der Waals surface area contributed by atoms with Crippen LogP contribution in [-0.4, -0.2) is 12.4 Å². The summed E-state index contributed by atoms with van der Waals surface area (Å²) < 4.78 is 0. The largest absolute Gasteiger partial charge is 0.338 e. The van der Waals surface area contributed by atoms with Gasteiger partial charge in [-0.2, -0.15) is 5.26 Å². The van der Waals surface area contributed by atoms with Crippen LogP contribution in [0.2, 0.25) is 0 Å². The van der Waals surface area contributed by atoms with Gasteiger partial charge in [0.25, 0.3) is 0 Å². The van der Waals surface area contributed by atoms with E-state index in [-0.39, 0.29) is 0 Å². The Morgan fingerprint density at radius 3 is 3.44 bits per heavy atom. The Morgan fingerprint density at radius 2 is 2.67 bits per heavy atom. The van der Waals surface area contributed by atoms with Gasteiger partial charge in [-0.05, 0) is 12.6 Å². The Kier molecular flexibility index (Phi) is 1.86. The van der Waals surface area contributed by atoms with Gasteiger partial charge in [-0.3, -0.25) is 4.99 Å². The van der Waals surface area contributed by atoms with Crippen molar-refractivity contribution in [2.45, 2.75) is 6.42 Å². The van der Waals surface area contributed by atoms with Gasteiger partial charge < -0.3 is 5.32 Å². The van der Waals surface area contributed by atoms with Gasteiger partial charge in [0.1, 0.15) is 6.07 Å². The zero-order chi connectivity index (χ0) is 6.53. The van der Waals surface area contributed by atoms with Crippen LogP contribution in [0, 0.1) is 11.3 Å². The summed E-state index contributed by atoms with van der Waals surface area (Å²) in [6, 6.07) is 1.93. The zero-order valence-electron chi connectivity index (χ0n) is 4.96. The average molecular weight is 121 g/mol. The third-order valence-corrected chi connectivity index (χ3v) is 1.01. The van der Waals surface area contributed by atoms with E-state index in [4.69, 9.17) is 5.26 Å².